The third kappa shape index (κ3) is 3.76. The fraction of sp³-hybridized carbons (Fsp3) is 0.471. The third-order valence-corrected chi connectivity index (χ3v) is 4.17. The van der Waals surface area contributed by atoms with Crippen molar-refractivity contribution in [2.24, 2.45) is 5.73 Å². The lowest BCUT2D eigenvalue weighted by molar-refractivity contribution is 0.0715. The molecule has 0 aliphatic carbocycles. The number of amides is 1. The fourth-order valence-electron chi connectivity index (χ4n) is 2.71. The molecule has 1 aliphatic heterocycles. The number of benzene rings is 1. The topological polar surface area (TPSA) is 85.2 Å². The van der Waals surface area contributed by atoms with Crippen LogP contribution in [0.5, 0.6) is 0 Å². The van der Waals surface area contributed by atoms with E-state index in [2.05, 4.69) is 10.1 Å². The van der Waals surface area contributed by atoms with E-state index in [0.717, 1.165) is 12.8 Å². The summed E-state index contributed by atoms with van der Waals surface area (Å²) in [5.74, 6) is 1.22. The molecule has 130 valence electrons. The number of hydrogen-bond donors (Lipinski definition) is 1. The molecule has 0 atom stereocenters. The SMILES string of the molecule is CC(C)c1noc(-c2ccccc2C(=O)N2CCC(N)CC2)n1.Cl. The van der Waals surface area contributed by atoms with E-state index in [9.17, 15) is 4.79 Å². The number of aromatic nitrogens is 2. The molecule has 0 unspecified atom stereocenters. The molecule has 2 aromatic rings. The average Bonchev–Trinajstić information content (AvgIpc) is 3.05. The highest BCUT2D eigenvalue weighted by molar-refractivity contribution is 6.00. The van der Waals surface area contributed by atoms with Crippen LogP contribution in [0.3, 0.4) is 0 Å². The van der Waals surface area contributed by atoms with Crippen LogP contribution in [-0.2, 0) is 0 Å². The second-order valence-corrected chi connectivity index (χ2v) is 6.29. The largest absolute Gasteiger partial charge is 0.339 e. The maximum atomic E-state index is 12.8. The highest BCUT2D eigenvalue weighted by Gasteiger charge is 2.25. The van der Waals surface area contributed by atoms with Crippen molar-refractivity contribution in [1.82, 2.24) is 15.0 Å². The van der Waals surface area contributed by atoms with E-state index in [1.165, 1.54) is 0 Å². The van der Waals surface area contributed by atoms with Crippen LogP contribution in [0.2, 0.25) is 0 Å². The Morgan fingerprint density at radius 3 is 2.58 bits per heavy atom. The van der Waals surface area contributed by atoms with Gasteiger partial charge in [-0.25, -0.2) is 0 Å². The van der Waals surface area contributed by atoms with Gasteiger partial charge in [0.1, 0.15) is 0 Å². The maximum Gasteiger partial charge on any atom is 0.258 e. The zero-order valence-corrected chi connectivity index (χ0v) is 14.8. The summed E-state index contributed by atoms with van der Waals surface area (Å²) in [4.78, 5) is 19.1. The smallest absolute Gasteiger partial charge is 0.258 e. The van der Waals surface area contributed by atoms with Crippen LogP contribution in [-0.4, -0.2) is 40.1 Å². The van der Waals surface area contributed by atoms with Crippen LogP contribution in [0.4, 0.5) is 0 Å². The quantitative estimate of drug-likeness (QED) is 0.919. The van der Waals surface area contributed by atoms with Gasteiger partial charge in [0.25, 0.3) is 11.8 Å². The minimum atomic E-state index is -0.00297. The van der Waals surface area contributed by atoms with Gasteiger partial charge in [0.05, 0.1) is 11.1 Å². The Morgan fingerprint density at radius 1 is 1.29 bits per heavy atom. The Labute approximate surface area is 147 Å². The summed E-state index contributed by atoms with van der Waals surface area (Å²) in [5.41, 5.74) is 7.20. The van der Waals surface area contributed by atoms with E-state index in [0.29, 0.717) is 35.9 Å². The first kappa shape index (κ1) is 18.4. The lowest BCUT2D eigenvalue weighted by Crippen LogP contribution is -2.43. The van der Waals surface area contributed by atoms with Crippen LogP contribution in [0.1, 0.15) is 48.8 Å². The predicted octanol–water partition coefficient (Wildman–Crippen LogP) is 2.85. The normalized spacial score (nSPS) is 15.4. The summed E-state index contributed by atoms with van der Waals surface area (Å²) < 4.78 is 5.36. The van der Waals surface area contributed by atoms with Gasteiger partial charge >= 0.3 is 0 Å². The van der Waals surface area contributed by atoms with E-state index in [4.69, 9.17) is 10.3 Å². The van der Waals surface area contributed by atoms with Gasteiger partial charge in [-0.05, 0) is 25.0 Å². The van der Waals surface area contributed by atoms with Crippen LogP contribution >= 0.6 is 12.4 Å². The first-order valence-electron chi connectivity index (χ1n) is 8.04. The highest BCUT2D eigenvalue weighted by atomic mass is 35.5. The number of carbonyl (C=O) groups is 1. The lowest BCUT2D eigenvalue weighted by atomic mass is 10.0. The van der Waals surface area contributed by atoms with Crippen molar-refractivity contribution in [3.8, 4) is 11.5 Å². The Morgan fingerprint density at radius 2 is 1.96 bits per heavy atom. The number of rotatable bonds is 3. The molecule has 1 aromatic carbocycles. The summed E-state index contributed by atoms with van der Waals surface area (Å²) >= 11 is 0. The van der Waals surface area contributed by atoms with Gasteiger partial charge in [0.15, 0.2) is 5.82 Å². The number of hydrogen-bond acceptors (Lipinski definition) is 5. The second kappa shape index (κ2) is 7.77. The summed E-state index contributed by atoms with van der Waals surface area (Å²) in [5, 5.41) is 3.99. The molecule has 0 spiro atoms. The Hall–Kier alpha value is -1.92. The predicted molar refractivity (Wildman–Crippen MR) is 94.2 cm³/mol. The summed E-state index contributed by atoms with van der Waals surface area (Å²) in [6.07, 6.45) is 1.68. The molecule has 1 aromatic heterocycles. The van der Waals surface area contributed by atoms with E-state index >= 15 is 0 Å². The van der Waals surface area contributed by atoms with E-state index in [1.807, 2.05) is 43.0 Å². The standard InChI is InChI=1S/C17H22N4O2.ClH/c1-11(2)15-19-16(23-20-15)13-5-3-4-6-14(13)17(22)21-9-7-12(18)8-10-21;/h3-6,11-12H,7-10,18H2,1-2H3;1H. The number of nitrogens with two attached hydrogens (primary N) is 1. The van der Waals surface area contributed by atoms with Gasteiger partial charge in [-0.15, -0.1) is 12.4 Å². The molecule has 1 fully saturated rings. The maximum absolute atomic E-state index is 12.8. The van der Waals surface area contributed by atoms with Gasteiger partial charge in [-0.1, -0.05) is 31.1 Å². The molecule has 2 heterocycles. The van der Waals surface area contributed by atoms with Gasteiger partial charge in [-0.3, -0.25) is 4.79 Å². The van der Waals surface area contributed by atoms with Crippen molar-refractivity contribution in [2.45, 2.75) is 38.6 Å². The summed E-state index contributed by atoms with van der Waals surface area (Å²) in [6.45, 7) is 5.39. The van der Waals surface area contributed by atoms with Crippen molar-refractivity contribution < 1.29 is 9.32 Å². The van der Waals surface area contributed by atoms with Crippen LogP contribution in [0, 0.1) is 0 Å². The zero-order valence-electron chi connectivity index (χ0n) is 13.9. The van der Waals surface area contributed by atoms with E-state index in [1.54, 1.807) is 0 Å². The zero-order chi connectivity index (χ0) is 16.4. The number of nitrogens with zero attached hydrogens (tertiary/aromatic N) is 3. The van der Waals surface area contributed by atoms with Crippen molar-refractivity contribution in [3.63, 3.8) is 0 Å². The van der Waals surface area contributed by atoms with Crippen LogP contribution < -0.4 is 5.73 Å². The Kier molecular flexibility index (Phi) is 5.96. The summed E-state index contributed by atoms with van der Waals surface area (Å²) in [6, 6.07) is 7.58. The van der Waals surface area contributed by atoms with E-state index in [-0.39, 0.29) is 30.3 Å². The highest BCUT2D eigenvalue weighted by Crippen LogP contribution is 2.25. The van der Waals surface area contributed by atoms with E-state index < -0.39 is 0 Å². The molecule has 1 saturated heterocycles. The first-order valence-corrected chi connectivity index (χ1v) is 8.04. The lowest BCUT2D eigenvalue weighted by Gasteiger charge is -2.30. The monoisotopic (exact) mass is 350 g/mol. The Bertz CT molecular complexity index is 693. The number of halogens is 1. The van der Waals surface area contributed by atoms with Crippen molar-refractivity contribution in [2.75, 3.05) is 13.1 Å². The molecule has 0 radical (unpaired) electrons. The molecule has 6 nitrogen and oxygen atoms in total. The summed E-state index contributed by atoms with van der Waals surface area (Å²) in [7, 11) is 0. The molecule has 1 amide bonds. The van der Waals surface area contributed by atoms with Gasteiger partial charge in [0.2, 0.25) is 0 Å². The molecule has 2 N–H and O–H groups in total. The Balaban J connectivity index is 0.00000208. The molecular weight excluding hydrogens is 328 g/mol. The number of piperidine rings is 1. The molecule has 0 bridgehead atoms. The molecule has 3 rings (SSSR count). The minimum Gasteiger partial charge on any atom is -0.339 e. The first-order chi connectivity index (χ1) is 11.1. The van der Waals surface area contributed by atoms with Gasteiger partial charge < -0.3 is 15.2 Å². The average molecular weight is 351 g/mol. The van der Waals surface area contributed by atoms with Gasteiger partial charge in [-0.2, -0.15) is 4.98 Å². The minimum absolute atomic E-state index is 0. The molecule has 24 heavy (non-hydrogen) atoms. The van der Waals surface area contributed by atoms with Gasteiger partial charge in [0, 0.05) is 25.0 Å². The van der Waals surface area contributed by atoms with Crippen LogP contribution in [0.15, 0.2) is 28.8 Å². The third-order valence-electron chi connectivity index (χ3n) is 4.17. The number of likely N-dealkylation sites (tertiary alicyclic amines) is 1. The second-order valence-electron chi connectivity index (χ2n) is 6.29. The fourth-order valence-corrected chi connectivity index (χ4v) is 2.71. The molecule has 1 aliphatic rings. The number of carbonyl (C=O) groups excluding carboxylic acids is 1. The van der Waals surface area contributed by atoms with Crippen molar-refractivity contribution >= 4 is 18.3 Å². The molecular formula is C17H23ClN4O2. The van der Waals surface area contributed by atoms with Crippen LogP contribution in [0.25, 0.3) is 11.5 Å². The molecule has 7 heteroatoms. The molecule has 0 saturated carbocycles. The van der Waals surface area contributed by atoms with Crippen molar-refractivity contribution in [3.05, 3.63) is 35.7 Å². The van der Waals surface area contributed by atoms with Crippen molar-refractivity contribution in [1.29, 1.82) is 0 Å².